The van der Waals surface area contributed by atoms with Gasteiger partial charge in [0.1, 0.15) is 0 Å². The number of carbonyl (C=O) groups is 1. The van der Waals surface area contributed by atoms with Gasteiger partial charge in [0.2, 0.25) is 0 Å². The molecule has 0 heterocycles. The van der Waals surface area contributed by atoms with Crippen molar-refractivity contribution in [1.29, 1.82) is 0 Å². The standard InChI is InChI=1S/C13H14ClF2NO3S/c1-7-3-8(7)6-17(2)13(18)9-4-10(15)11(16)5-12(9)21(14,19)20/h4-5,7-8H,3,6H2,1-2H3. The van der Waals surface area contributed by atoms with Crippen molar-refractivity contribution in [3.63, 3.8) is 0 Å². The van der Waals surface area contributed by atoms with Crippen LogP contribution in [0.3, 0.4) is 0 Å². The summed E-state index contributed by atoms with van der Waals surface area (Å²) >= 11 is 0. The monoisotopic (exact) mass is 337 g/mol. The average Bonchev–Trinajstić information content (AvgIpc) is 3.05. The summed E-state index contributed by atoms with van der Waals surface area (Å²) in [5, 5.41) is 0. The molecule has 1 aliphatic rings. The van der Waals surface area contributed by atoms with Crippen LogP contribution in [0.2, 0.25) is 0 Å². The molecule has 0 saturated heterocycles. The molecule has 0 radical (unpaired) electrons. The Kier molecular flexibility index (Phi) is 4.26. The number of nitrogens with zero attached hydrogens (tertiary/aromatic N) is 1. The Labute approximate surface area is 126 Å². The van der Waals surface area contributed by atoms with Crippen molar-refractivity contribution in [2.45, 2.75) is 18.2 Å². The molecule has 1 fully saturated rings. The average molecular weight is 338 g/mol. The van der Waals surface area contributed by atoms with Gasteiger partial charge in [-0.25, -0.2) is 17.2 Å². The van der Waals surface area contributed by atoms with E-state index in [-0.39, 0.29) is 0 Å². The van der Waals surface area contributed by atoms with Crippen LogP contribution in [0, 0.1) is 23.5 Å². The SMILES string of the molecule is CC1CC1CN(C)C(=O)c1cc(F)c(F)cc1S(=O)(=O)Cl. The number of benzene rings is 1. The molecule has 2 rings (SSSR count). The van der Waals surface area contributed by atoms with Gasteiger partial charge in [0.25, 0.3) is 15.0 Å². The normalized spacial score (nSPS) is 21.2. The summed E-state index contributed by atoms with van der Waals surface area (Å²) in [7, 11) is 2.32. The highest BCUT2D eigenvalue weighted by Crippen LogP contribution is 2.38. The molecule has 21 heavy (non-hydrogen) atoms. The summed E-state index contributed by atoms with van der Waals surface area (Å²) in [4.78, 5) is 12.8. The summed E-state index contributed by atoms with van der Waals surface area (Å²) in [5.41, 5.74) is -0.459. The molecule has 0 aliphatic heterocycles. The van der Waals surface area contributed by atoms with Gasteiger partial charge in [-0.05, 0) is 30.4 Å². The summed E-state index contributed by atoms with van der Waals surface area (Å²) in [6, 6.07) is 0.998. The van der Waals surface area contributed by atoms with E-state index in [4.69, 9.17) is 10.7 Å². The number of carbonyl (C=O) groups excluding carboxylic acids is 1. The van der Waals surface area contributed by atoms with E-state index >= 15 is 0 Å². The maximum absolute atomic E-state index is 13.3. The van der Waals surface area contributed by atoms with E-state index in [1.165, 1.54) is 11.9 Å². The van der Waals surface area contributed by atoms with Crippen molar-refractivity contribution in [3.05, 3.63) is 29.3 Å². The molecule has 0 bridgehead atoms. The van der Waals surface area contributed by atoms with Crippen molar-refractivity contribution in [1.82, 2.24) is 4.90 Å². The number of rotatable bonds is 4. The second kappa shape index (κ2) is 5.53. The van der Waals surface area contributed by atoms with E-state index in [0.29, 0.717) is 30.5 Å². The summed E-state index contributed by atoms with van der Waals surface area (Å²) in [5.74, 6) is -2.52. The van der Waals surface area contributed by atoms with Crippen LogP contribution < -0.4 is 0 Å². The fourth-order valence-electron chi connectivity index (χ4n) is 2.19. The lowest BCUT2D eigenvalue weighted by Gasteiger charge is -2.18. The van der Waals surface area contributed by atoms with E-state index in [1.807, 2.05) is 6.92 Å². The number of hydrogen-bond acceptors (Lipinski definition) is 3. The predicted molar refractivity (Wildman–Crippen MR) is 73.6 cm³/mol. The second-order valence-electron chi connectivity index (χ2n) is 5.36. The van der Waals surface area contributed by atoms with Crippen molar-refractivity contribution in [2.24, 2.45) is 11.8 Å². The van der Waals surface area contributed by atoms with Gasteiger partial charge in [-0.1, -0.05) is 6.92 Å². The number of amides is 1. The molecular formula is C13H14ClF2NO3S. The fraction of sp³-hybridized carbons (Fsp3) is 0.462. The highest BCUT2D eigenvalue weighted by molar-refractivity contribution is 8.13. The van der Waals surface area contributed by atoms with Gasteiger partial charge in [-0.2, -0.15) is 0 Å². The summed E-state index contributed by atoms with van der Waals surface area (Å²) in [6.07, 6.45) is 0.982. The van der Waals surface area contributed by atoms with Gasteiger partial charge in [0.05, 0.1) is 10.5 Å². The number of hydrogen-bond donors (Lipinski definition) is 0. The van der Waals surface area contributed by atoms with E-state index in [2.05, 4.69) is 0 Å². The van der Waals surface area contributed by atoms with Crippen LogP contribution in [0.4, 0.5) is 8.78 Å². The predicted octanol–water partition coefficient (Wildman–Crippen LogP) is 2.62. The fourth-order valence-corrected chi connectivity index (χ4v) is 3.23. The minimum atomic E-state index is -4.36. The highest BCUT2D eigenvalue weighted by atomic mass is 35.7. The van der Waals surface area contributed by atoms with Crippen LogP contribution in [0.25, 0.3) is 0 Å². The molecule has 0 aromatic heterocycles. The van der Waals surface area contributed by atoms with Gasteiger partial charge < -0.3 is 4.90 Å². The summed E-state index contributed by atoms with van der Waals surface area (Å²) in [6.45, 7) is 2.47. The highest BCUT2D eigenvalue weighted by Gasteiger charge is 2.35. The number of halogens is 3. The van der Waals surface area contributed by atoms with Crippen LogP contribution >= 0.6 is 10.7 Å². The third-order valence-corrected chi connectivity index (χ3v) is 5.01. The molecule has 1 aromatic carbocycles. The molecule has 2 unspecified atom stereocenters. The van der Waals surface area contributed by atoms with Crippen LogP contribution in [0.5, 0.6) is 0 Å². The second-order valence-corrected chi connectivity index (χ2v) is 7.89. The lowest BCUT2D eigenvalue weighted by atomic mass is 10.1. The molecule has 1 amide bonds. The lowest BCUT2D eigenvalue weighted by Crippen LogP contribution is -2.30. The van der Waals surface area contributed by atoms with Gasteiger partial charge >= 0.3 is 0 Å². The first-order valence-corrected chi connectivity index (χ1v) is 8.61. The maximum atomic E-state index is 13.3. The first-order chi connectivity index (χ1) is 9.61. The van der Waals surface area contributed by atoms with Crippen molar-refractivity contribution >= 4 is 25.6 Å². The van der Waals surface area contributed by atoms with E-state index < -0.39 is 37.1 Å². The van der Waals surface area contributed by atoms with Gasteiger partial charge in [-0.15, -0.1) is 0 Å². The quantitative estimate of drug-likeness (QED) is 0.794. The molecule has 1 aliphatic carbocycles. The zero-order valence-corrected chi connectivity index (χ0v) is 13.0. The molecule has 0 spiro atoms. The molecule has 1 aromatic rings. The first kappa shape index (κ1) is 16.2. The Hall–Kier alpha value is -1.21. The molecule has 2 atom stereocenters. The lowest BCUT2D eigenvalue weighted by molar-refractivity contribution is 0.0782. The third kappa shape index (κ3) is 3.52. The van der Waals surface area contributed by atoms with E-state index in [1.54, 1.807) is 0 Å². The Morgan fingerprint density at radius 3 is 2.38 bits per heavy atom. The zero-order valence-electron chi connectivity index (χ0n) is 11.4. The van der Waals surface area contributed by atoms with Gasteiger partial charge in [-0.3, -0.25) is 4.79 Å². The molecule has 8 heteroatoms. The van der Waals surface area contributed by atoms with Crippen LogP contribution in [0.1, 0.15) is 23.7 Å². The Balaban J connectivity index is 2.37. The minimum absolute atomic E-state index is 0.348. The van der Waals surface area contributed by atoms with Crippen molar-refractivity contribution < 1.29 is 22.0 Å². The van der Waals surface area contributed by atoms with Crippen molar-refractivity contribution in [3.8, 4) is 0 Å². The molecule has 4 nitrogen and oxygen atoms in total. The van der Waals surface area contributed by atoms with Gasteiger partial charge in [0, 0.05) is 24.3 Å². The van der Waals surface area contributed by atoms with Crippen LogP contribution in [0.15, 0.2) is 17.0 Å². The zero-order chi connectivity index (χ0) is 15.9. The third-order valence-electron chi connectivity index (χ3n) is 3.65. The maximum Gasteiger partial charge on any atom is 0.262 e. The molecular weight excluding hydrogens is 324 g/mol. The Bertz CT molecular complexity index is 693. The smallest absolute Gasteiger partial charge is 0.262 e. The molecule has 1 saturated carbocycles. The van der Waals surface area contributed by atoms with E-state index in [9.17, 15) is 22.0 Å². The van der Waals surface area contributed by atoms with Gasteiger partial charge in [0.15, 0.2) is 11.6 Å². The first-order valence-electron chi connectivity index (χ1n) is 6.30. The Morgan fingerprint density at radius 1 is 1.38 bits per heavy atom. The van der Waals surface area contributed by atoms with E-state index in [0.717, 1.165) is 6.42 Å². The van der Waals surface area contributed by atoms with Crippen LogP contribution in [-0.2, 0) is 9.05 Å². The molecule has 0 N–H and O–H groups in total. The largest absolute Gasteiger partial charge is 0.341 e. The molecule has 116 valence electrons. The Morgan fingerprint density at radius 2 is 1.90 bits per heavy atom. The topological polar surface area (TPSA) is 54.5 Å². The summed E-state index contributed by atoms with van der Waals surface area (Å²) < 4.78 is 49.4. The van der Waals surface area contributed by atoms with Crippen molar-refractivity contribution in [2.75, 3.05) is 13.6 Å². The minimum Gasteiger partial charge on any atom is -0.341 e. The van der Waals surface area contributed by atoms with Crippen LogP contribution in [-0.4, -0.2) is 32.8 Å².